The van der Waals surface area contributed by atoms with Gasteiger partial charge in [0.05, 0.1) is 22.7 Å². The number of benzene rings is 2. The molecule has 156 valence electrons. The van der Waals surface area contributed by atoms with Gasteiger partial charge in [-0.2, -0.15) is 13.2 Å². The number of rotatable bonds is 6. The normalized spacial score (nSPS) is 11.7. The quantitative estimate of drug-likeness (QED) is 0.616. The number of pyridine rings is 1. The van der Waals surface area contributed by atoms with Crippen molar-refractivity contribution in [3.63, 3.8) is 0 Å². The van der Waals surface area contributed by atoms with Crippen molar-refractivity contribution in [2.24, 2.45) is 0 Å². The molecule has 0 unspecified atom stereocenters. The molecule has 6 nitrogen and oxygen atoms in total. The summed E-state index contributed by atoms with van der Waals surface area (Å²) in [5.74, 6) is -0.421. The Kier molecular flexibility index (Phi) is 6.06. The van der Waals surface area contributed by atoms with E-state index in [-0.39, 0.29) is 22.7 Å². The van der Waals surface area contributed by atoms with E-state index in [2.05, 4.69) is 15.0 Å². The van der Waals surface area contributed by atoms with Crippen LogP contribution in [0.5, 0.6) is 0 Å². The number of halogens is 3. The zero-order valence-electron chi connectivity index (χ0n) is 15.3. The van der Waals surface area contributed by atoms with E-state index in [1.807, 2.05) is 0 Å². The fraction of sp³-hybridized carbons (Fsp3) is 0.100. The van der Waals surface area contributed by atoms with E-state index in [0.29, 0.717) is 11.8 Å². The second-order valence-corrected chi connectivity index (χ2v) is 7.89. The largest absolute Gasteiger partial charge is 0.416 e. The maximum atomic E-state index is 12.8. The van der Waals surface area contributed by atoms with Crippen molar-refractivity contribution in [2.75, 3.05) is 4.72 Å². The highest BCUT2D eigenvalue weighted by Crippen LogP contribution is 2.31. The number of nitrogens with zero attached hydrogens (tertiary/aromatic N) is 1. The minimum absolute atomic E-state index is 0.193. The lowest BCUT2D eigenvalue weighted by atomic mass is 10.2. The highest BCUT2D eigenvalue weighted by atomic mass is 32.2. The van der Waals surface area contributed by atoms with E-state index in [1.54, 1.807) is 24.4 Å². The van der Waals surface area contributed by atoms with Gasteiger partial charge in [-0.1, -0.05) is 12.1 Å². The molecule has 0 spiro atoms. The van der Waals surface area contributed by atoms with Gasteiger partial charge in [-0.3, -0.25) is 14.5 Å². The number of carbonyl (C=O) groups excluding carboxylic acids is 1. The second kappa shape index (κ2) is 8.54. The lowest BCUT2D eigenvalue weighted by Gasteiger charge is -2.11. The van der Waals surface area contributed by atoms with Crippen LogP contribution in [0.3, 0.4) is 0 Å². The first-order chi connectivity index (χ1) is 14.1. The molecule has 30 heavy (non-hydrogen) atoms. The van der Waals surface area contributed by atoms with Crippen molar-refractivity contribution >= 4 is 21.6 Å². The van der Waals surface area contributed by atoms with Crippen molar-refractivity contribution in [2.45, 2.75) is 17.6 Å². The SMILES string of the molecule is O=C(NCc1ccccn1)c1ccc(S(=O)(=O)Nc2cccc(C(F)(F)F)c2)cc1. The molecule has 0 bridgehead atoms. The smallest absolute Gasteiger partial charge is 0.346 e. The Morgan fingerprint density at radius 3 is 2.33 bits per heavy atom. The Morgan fingerprint density at radius 2 is 1.70 bits per heavy atom. The molecule has 0 saturated heterocycles. The molecule has 1 aromatic heterocycles. The zero-order chi connectivity index (χ0) is 21.8. The maximum Gasteiger partial charge on any atom is 0.416 e. The number of aromatic nitrogens is 1. The average molecular weight is 435 g/mol. The van der Waals surface area contributed by atoms with Crippen LogP contribution in [0.4, 0.5) is 18.9 Å². The van der Waals surface area contributed by atoms with Gasteiger partial charge in [0, 0.05) is 17.4 Å². The zero-order valence-corrected chi connectivity index (χ0v) is 16.2. The Morgan fingerprint density at radius 1 is 0.967 bits per heavy atom. The van der Waals surface area contributed by atoms with Gasteiger partial charge in [0.15, 0.2) is 0 Å². The lowest BCUT2D eigenvalue weighted by Crippen LogP contribution is -2.23. The first-order valence-corrected chi connectivity index (χ1v) is 10.1. The van der Waals surface area contributed by atoms with Crippen LogP contribution in [0.2, 0.25) is 0 Å². The van der Waals surface area contributed by atoms with E-state index in [9.17, 15) is 26.4 Å². The third-order valence-corrected chi connectivity index (χ3v) is 5.42. The maximum absolute atomic E-state index is 12.8. The topological polar surface area (TPSA) is 88.2 Å². The van der Waals surface area contributed by atoms with Gasteiger partial charge in [-0.15, -0.1) is 0 Å². The molecule has 0 atom stereocenters. The summed E-state index contributed by atoms with van der Waals surface area (Å²) in [5.41, 5.74) is -0.302. The van der Waals surface area contributed by atoms with Crippen molar-refractivity contribution in [1.29, 1.82) is 0 Å². The molecule has 1 amide bonds. The monoisotopic (exact) mass is 435 g/mol. The molecule has 0 saturated carbocycles. The van der Waals surface area contributed by atoms with Gasteiger partial charge >= 0.3 is 6.18 Å². The Hall–Kier alpha value is -3.40. The van der Waals surface area contributed by atoms with Crippen LogP contribution >= 0.6 is 0 Å². The van der Waals surface area contributed by atoms with Gasteiger partial charge in [0.1, 0.15) is 0 Å². The number of amides is 1. The van der Waals surface area contributed by atoms with Crippen LogP contribution in [0.1, 0.15) is 21.6 Å². The van der Waals surface area contributed by atoms with Crippen LogP contribution in [0.25, 0.3) is 0 Å². The number of alkyl halides is 3. The van der Waals surface area contributed by atoms with Gasteiger partial charge in [-0.05, 0) is 54.6 Å². The number of anilines is 1. The van der Waals surface area contributed by atoms with E-state index >= 15 is 0 Å². The molecule has 1 heterocycles. The predicted molar refractivity (Wildman–Crippen MR) is 104 cm³/mol. The van der Waals surface area contributed by atoms with E-state index < -0.39 is 27.7 Å². The second-order valence-electron chi connectivity index (χ2n) is 6.21. The van der Waals surface area contributed by atoms with Crippen molar-refractivity contribution in [3.05, 3.63) is 89.7 Å². The summed E-state index contributed by atoms with van der Waals surface area (Å²) in [6, 6.07) is 14.2. The number of hydrogen-bond donors (Lipinski definition) is 2. The third-order valence-electron chi connectivity index (χ3n) is 4.03. The summed E-state index contributed by atoms with van der Waals surface area (Å²) in [6.45, 7) is 0.205. The number of sulfonamides is 1. The molecule has 0 aliphatic carbocycles. The number of hydrogen-bond acceptors (Lipinski definition) is 4. The fourth-order valence-electron chi connectivity index (χ4n) is 2.53. The molecule has 0 aliphatic heterocycles. The molecule has 0 fully saturated rings. The van der Waals surface area contributed by atoms with Crippen molar-refractivity contribution in [1.82, 2.24) is 10.3 Å². The van der Waals surface area contributed by atoms with Crippen LogP contribution in [0.15, 0.2) is 77.8 Å². The molecule has 3 aromatic rings. The molecule has 0 aliphatic rings. The molecule has 3 rings (SSSR count). The van der Waals surface area contributed by atoms with Gasteiger partial charge in [0.2, 0.25) is 0 Å². The van der Waals surface area contributed by atoms with E-state index in [1.165, 1.54) is 30.3 Å². The minimum atomic E-state index is -4.59. The third kappa shape index (κ3) is 5.35. The average Bonchev–Trinajstić information content (AvgIpc) is 2.72. The van der Waals surface area contributed by atoms with E-state index in [0.717, 1.165) is 12.1 Å². The summed E-state index contributed by atoms with van der Waals surface area (Å²) >= 11 is 0. The highest BCUT2D eigenvalue weighted by molar-refractivity contribution is 7.92. The van der Waals surface area contributed by atoms with Crippen LogP contribution in [0, 0.1) is 0 Å². The van der Waals surface area contributed by atoms with Crippen LogP contribution in [-0.2, 0) is 22.7 Å². The fourth-order valence-corrected chi connectivity index (χ4v) is 3.58. The molecule has 2 aromatic carbocycles. The van der Waals surface area contributed by atoms with Gasteiger partial charge in [-0.25, -0.2) is 8.42 Å². The van der Waals surface area contributed by atoms with Crippen molar-refractivity contribution < 1.29 is 26.4 Å². The summed E-state index contributed by atoms with van der Waals surface area (Å²) in [4.78, 5) is 16.1. The summed E-state index contributed by atoms with van der Waals surface area (Å²) < 4.78 is 65.4. The number of nitrogens with one attached hydrogen (secondary N) is 2. The first kappa shape index (κ1) is 21.3. The summed E-state index contributed by atoms with van der Waals surface area (Å²) in [6.07, 6.45) is -3.00. The van der Waals surface area contributed by atoms with Crippen molar-refractivity contribution in [3.8, 4) is 0 Å². The summed E-state index contributed by atoms with van der Waals surface area (Å²) in [7, 11) is -4.13. The first-order valence-electron chi connectivity index (χ1n) is 8.63. The van der Waals surface area contributed by atoms with E-state index in [4.69, 9.17) is 0 Å². The molecule has 10 heteroatoms. The molecule has 0 radical (unpaired) electrons. The molecular formula is C20H16F3N3O3S. The van der Waals surface area contributed by atoms with Gasteiger partial charge < -0.3 is 5.32 Å². The molecular weight excluding hydrogens is 419 g/mol. The van der Waals surface area contributed by atoms with Gasteiger partial charge in [0.25, 0.3) is 15.9 Å². The summed E-state index contributed by atoms with van der Waals surface area (Å²) in [5, 5.41) is 2.66. The molecule has 2 N–H and O–H groups in total. The van der Waals surface area contributed by atoms with Crippen LogP contribution in [-0.4, -0.2) is 19.3 Å². The lowest BCUT2D eigenvalue weighted by molar-refractivity contribution is -0.137. The standard InChI is InChI=1S/C20H16F3N3O3S/c21-20(22,23)15-4-3-6-16(12-15)26-30(28,29)18-9-7-14(8-10-18)19(27)25-13-17-5-1-2-11-24-17/h1-12,26H,13H2,(H,25,27). The number of carbonyl (C=O) groups is 1. The Bertz CT molecular complexity index is 1130. The van der Waals surface area contributed by atoms with Crippen LogP contribution < -0.4 is 10.0 Å². The highest BCUT2D eigenvalue weighted by Gasteiger charge is 2.30. The Balaban J connectivity index is 1.69. The predicted octanol–water partition coefficient (Wildman–Crippen LogP) is 3.83. The Labute approximate surface area is 170 Å². The minimum Gasteiger partial charge on any atom is -0.346 e.